The molecule has 0 aliphatic rings. The lowest BCUT2D eigenvalue weighted by Crippen LogP contribution is -1.81. The Kier molecular flexibility index (Phi) is 9.16. The smallest absolute Gasteiger partial charge is 0.450 e. The Morgan fingerprint density at radius 1 is 1.60 bits per heavy atom. The minimum atomic E-state index is -1.83. The molecule has 5 heteroatoms. The van der Waals surface area contributed by atoms with Gasteiger partial charge in [-0.25, -0.2) is 13.6 Å². The van der Waals surface area contributed by atoms with Crippen LogP contribution in [0.3, 0.4) is 0 Å². The van der Waals surface area contributed by atoms with E-state index >= 15 is 0 Å². The largest absolute Gasteiger partial charge is 0.503 e. The maximum atomic E-state index is 11.3. The summed E-state index contributed by atoms with van der Waals surface area (Å²) in [6.07, 6.45) is -0.736. The predicted octanol–water partition coefficient (Wildman–Crippen LogP) is 2.05. The maximum Gasteiger partial charge on any atom is 0.503 e. The summed E-state index contributed by atoms with van der Waals surface area (Å²) in [4.78, 5) is 8.56. The average Bonchev–Trinajstić information content (AvgIpc) is 1.85. The molecule has 0 atom stereocenters. The highest BCUT2D eigenvalue weighted by Gasteiger charge is 1.83. The molecule has 0 saturated heterocycles. The summed E-state index contributed by atoms with van der Waals surface area (Å²) in [5, 5.41) is 13.9. The van der Waals surface area contributed by atoms with Gasteiger partial charge in [-0.15, -0.1) is 0 Å². The fourth-order valence-corrected chi connectivity index (χ4v) is 0.0772. The van der Waals surface area contributed by atoms with Crippen LogP contribution in [0.2, 0.25) is 0 Å². The van der Waals surface area contributed by atoms with Gasteiger partial charge in [0.05, 0.1) is 0 Å². The van der Waals surface area contributed by atoms with E-state index in [1.54, 1.807) is 0 Å². The van der Waals surface area contributed by atoms with E-state index in [0.717, 1.165) is 6.08 Å². The van der Waals surface area contributed by atoms with Crippen LogP contribution in [0.15, 0.2) is 11.9 Å². The average molecular weight is 154 g/mol. The van der Waals surface area contributed by atoms with Crippen LogP contribution >= 0.6 is 0 Å². The van der Waals surface area contributed by atoms with E-state index in [4.69, 9.17) is 15.0 Å². The van der Waals surface area contributed by atoms with Gasteiger partial charge in [0, 0.05) is 0 Å². The molecule has 10 heavy (non-hydrogen) atoms. The summed E-state index contributed by atoms with van der Waals surface area (Å²) in [7, 11) is 0. The van der Waals surface area contributed by atoms with Crippen molar-refractivity contribution in [3.8, 4) is 0 Å². The minimum absolute atomic E-state index is 0.699. The van der Waals surface area contributed by atoms with Crippen LogP contribution in [0.25, 0.3) is 0 Å². The highest BCUT2D eigenvalue weighted by Crippen LogP contribution is 1.92. The minimum Gasteiger partial charge on any atom is -0.450 e. The molecular weight excluding hydrogens is 146 g/mol. The van der Waals surface area contributed by atoms with E-state index in [1.807, 2.05) is 0 Å². The first-order valence-corrected chi connectivity index (χ1v) is 2.33. The Bertz CT molecular complexity index is 118. The molecule has 0 aromatic rings. The van der Waals surface area contributed by atoms with Crippen LogP contribution in [0.5, 0.6) is 0 Å². The zero-order valence-corrected chi connectivity index (χ0v) is 5.34. The van der Waals surface area contributed by atoms with E-state index in [2.05, 4.69) is 0 Å². The van der Waals surface area contributed by atoms with Crippen molar-refractivity contribution in [2.45, 2.75) is 6.92 Å². The van der Waals surface area contributed by atoms with Gasteiger partial charge in [0.1, 0.15) is 12.5 Å². The van der Waals surface area contributed by atoms with Crippen molar-refractivity contribution in [1.29, 1.82) is 0 Å². The molecule has 2 N–H and O–H groups in total. The number of hydrogen-bond acceptors (Lipinski definition) is 1. The van der Waals surface area contributed by atoms with Crippen molar-refractivity contribution in [3.63, 3.8) is 0 Å². The van der Waals surface area contributed by atoms with Crippen LogP contribution in [0.1, 0.15) is 6.92 Å². The van der Waals surface area contributed by atoms with Crippen LogP contribution < -0.4 is 0 Å². The summed E-state index contributed by atoms with van der Waals surface area (Å²) < 4.78 is 22.3. The van der Waals surface area contributed by atoms with Crippen LogP contribution in [0, 0.1) is 0 Å². The van der Waals surface area contributed by atoms with Crippen molar-refractivity contribution in [1.82, 2.24) is 0 Å². The van der Waals surface area contributed by atoms with E-state index < -0.39 is 18.7 Å². The fourth-order valence-electron chi connectivity index (χ4n) is 0.0772. The molecule has 3 nitrogen and oxygen atoms in total. The molecule has 0 aromatic heterocycles. The van der Waals surface area contributed by atoms with Gasteiger partial charge in [0.2, 0.25) is 0 Å². The fraction of sp³-hybridized carbons (Fsp3) is 0.400. The first-order valence-electron chi connectivity index (χ1n) is 2.33. The molecule has 0 bridgehead atoms. The number of carboxylic acid groups (broad SMARTS) is 2. The molecule has 0 unspecified atom stereocenters. The summed E-state index contributed by atoms with van der Waals surface area (Å²) in [6.45, 7) is 0.478. The Morgan fingerprint density at radius 2 is 1.90 bits per heavy atom. The van der Waals surface area contributed by atoms with Crippen molar-refractivity contribution in [2.75, 3.05) is 6.67 Å². The molecular formula is C5H8F2O3. The molecule has 0 aromatic carbocycles. The zero-order chi connectivity index (χ0) is 8.57. The highest BCUT2D eigenvalue weighted by molar-refractivity contribution is 5.53. The molecule has 0 spiro atoms. The summed E-state index contributed by atoms with van der Waals surface area (Å²) >= 11 is 0. The third-order valence-corrected chi connectivity index (χ3v) is 0.441. The van der Waals surface area contributed by atoms with Crippen molar-refractivity contribution >= 4 is 6.16 Å². The standard InChI is InChI=1S/C4H6F2.CH2O3/c1-2-4(6)3-5;2-1(3)4/h2H,3H2,1H3;(H2,2,3,4). The lowest BCUT2D eigenvalue weighted by Gasteiger charge is -1.76. The zero-order valence-electron chi connectivity index (χ0n) is 5.34. The van der Waals surface area contributed by atoms with Gasteiger partial charge in [0.25, 0.3) is 0 Å². The molecule has 0 aliphatic carbocycles. The Balaban J connectivity index is 0. The molecule has 0 saturated carbocycles. The van der Waals surface area contributed by atoms with Gasteiger partial charge in [-0.2, -0.15) is 0 Å². The highest BCUT2D eigenvalue weighted by atomic mass is 19.2. The molecule has 60 valence electrons. The number of allylic oxidation sites excluding steroid dienone is 2. The second-order valence-electron chi connectivity index (χ2n) is 1.15. The number of rotatable bonds is 1. The molecule has 0 heterocycles. The first kappa shape index (κ1) is 11.6. The quantitative estimate of drug-likeness (QED) is 0.607. The SMILES string of the molecule is CC=C(F)CF.O=C(O)O. The summed E-state index contributed by atoms with van der Waals surface area (Å²) in [6, 6.07) is 0. The summed E-state index contributed by atoms with van der Waals surface area (Å²) in [5.41, 5.74) is 0. The van der Waals surface area contributed by atoms with E-state index in [1.165, 1.54) is 6.92 Å². The van der Waals surface area contributed by atoms with E-state index in [-0.39, 0.29) is 0 Å². The molecule has 0 aliphatic heterocycles. The lowest BCUT2D eigenvalue weighted by atomic mass is 10.5. The molecule has 0 radical (unpaired) electrons. The molecule has 0 amide bonds. The Hall–Kier alpha value is -1.13. The Labute approximate surface area is 56.6 Å². The van der Waals surface area contributed by atoms with Gasteiger partial charge in [0.15, 0.2) is 0 Å². The van der Waals surface area contributed by atoms with Crippen molar-refractivity contribution in [2.24, 2.45) is 0 Å². The first-order chi connectivity index (χ1) is 4.54. The van der Waals surface area contributed by atoms with Crippen LogP contribution in [0.4, 0.5) is 13.6 Å². The maximum absolute atomic E-state index is 11.3. The van der Waals surface area contributed by atoms with Gasteiger partial charge in [-0.3, -0.25) is 0 Å². The molecule has 0 rings (SSSR count). The molecule has 0 fully saturated rings. The van der Waals surface area contributed by atoms with E-state index in [0.29, 0.717) is 0 Å². The van der Waals surface area contributed by atoms with Gasteiger partial charge < -0.3 is 10.2 Å². The van der Waals surface area contributed by atoms with Gasteiger partial charge in [-0.05, 0) is 6.92 Å². The lowest BCUT2D eigenvalue weighted by molar-refractivity contribution is 0.137. The number of halogens is 2. The van der Waals surface area contributed by atoms with Crippen molar-refractivity contribution < 1.29 is 23.8 Å². The number of carbonyl (C=O) groups is 1. The summed E-state index contributed by atoms with van der Waals surface area (Å²) in [5.74, 6) is -0.699. The third kappa shape index (κ3) is 28.7. The topological polar surface area (TPSA) is 57.5 Å². The normalized spacial score (nSPS) is 9.70. The third-order valence-electron chi connectivity index (χ3n) is 0.441. The monoisotopic (exact) mass is 154 g/mol. The van der Waals surface area contributed by atoms with Gasteiger partial charge in [-0.1, -0.05) is 6.08 Å². The van der Waals surface area contributed by atoms with Crippen LogP contribution in [-0.2, 0) is 0 Å². The Morgan fingerprint density at radius 3 is 1.90 bits per heavy atom. The van der Waals surface area contributed by atoms with E-state index in [9.17, 15) is 8.78 Å². The number of alkyl halides is 1. The van der Waals surface area contributed by atoms with Crippen LogP contribution in [-0.4, -0.2) is 23.0 Å². The van der Waals surface area contributed by atoms with Crippen molar-refractivity contribution in [3.05, 3.63) is 11.9 Å². The number of hydrogen-bond donors (Lipinski definition) is 2. The van der Waals surface area contributed by atoms with Gasteiger partial charge >= 0.3 is 6.16 Å². The predicted molar refractivity (Wildman–Crippen MR) is 31.5 cm³/mol. The second-order valence-corrected chi connectivity index (χ2v) is 1.15. The second kappa shape index (κ2) is 7.87.